The van der Waals surface area contributed by atoms with Crippen LogP contribution in [0.15, 0.2) is 53.4 Å². The van der Waals surface area contributed by atoms with Crippen molar-refractivity contribution >= 4 is 32.5 Å². The lowest BCUT2D eigenvalue weighted by Gasteiger charge is -2.33. The van der Waals surface area contributed by atoms with Crippen molar-refractivity contribution in [2.75, 3.05) is 38.0 Å². The van der Waals surface area contributed by atoms with Gasteiger partial charge < -0.3 is 15.2 Å². The number of hydrogen-bond acceptors (Lipinski definition) is 4. The van der Waals surface area contributed by atoms with Crippen LogP contribution in [-0.4, -0.2) is 61.2 Å². The first kappa shape index (κ1) is 20.6. The van der Waals surface area contributed by atoms with Crippen LogP contribution in [0.1, 0.15) is 23.0 Å². The van der Waals surface area contributed by atoms with Crippen molar-refractivity contribution in [2.45, 2.75) is 18.7 Å². The zero-order valence-electron chi connectivity index (χ0n) is 17.2. The number of nitrogens with zero attached hydrogens (tertiary/aromatic N) is 2. The molecule has 2 N–H and O–H groups in total. The molecule has 0 atom stereocenters. The first-order valence-electron chi connectivity index (χ1n) is 10.1. The van der Waals surface area contributed by atoms with Crippen LogP contribution in [0.2, 0.25) is 0 Å². The molecule has 7 nitrogen and oxygen atoms in total. The van der Waals surface area contributed by atoms with Gasteiger partial charge in [0.05, 0.1) is 10.5 Å². The van der Waals surface area contributed by atoms with Crippen LogP contribution in [-0.2, 0) is 10.0 Å². The maximum absolute atomic E-state index is 13.1. The molecule has 1 aliphatic heterocycles. The van der Waals surface area contributed by atoms with E-state index in [1.165, 1.54) is 10.4 Å². The van der Waals surface area contributed by atoms with Gasteiger partial charge in [-0.3, -0.25) is 4.79 Å². The number of amides is 1. The lowest BCUT2D eigenvalue weighted by atomic mass is 10.1. The number of rotatable bonds is 5. The molecule has 0 saturated carbocycles. The number of sulfonamides is 1. The molecule has 2 heterocycles. The number of aromatic amines is 1. The summed E-state index contributed by atoms with van der Waals surface area (Å²) in [5, 5.41) is 3.70. The summed E-state index contributed by atoms with van der Waals surface area (Å²) in [6, 6.07) is 14.1. The zero-order chi connectivity index (χ0) is 21.3. The van der Waals surface area contributed by atoms with E-state index in [2.05, 4.69) is 22.1 Å². The average molecular weight is 427 g/mol. The molecule has 1 aromatic heterocycles. The quantitative estimate of drug-likeness (QED) is 0.657. The molecule has 4 rings (SSSR count). The summed E-state index contributed by atoms with van der Waals surface area (Å²) in [5.41, 5.74) is 2.68. The van der Waals surface area contributed by atoms with Gasteiger partial charge in [0.2, 0.25) is 10.0 Å². The number of hydrogen-bond donors (Lipinski definition) is 2. The number of carbonyl (C=O) groups excluding carboxylic acids is 1. The van der Waals surface area contributed by atoms with Crippen molar-refractivity contribution in [2.24, 2.45) is 0 Å². The van der Waals surface area contributed by atoms with Crippen LogP contribution in [0, 0.1) is 6.92 Å². The SMILES string of the molecule is CCN1CCN(S(=O)(=O)c2cccc(NC(=O)c3c(C)[nH]c4ccccc34)c2)CC1. The lowest BCUT2D eigenvalue weighted by Crippen LogP contribution is -2.48. The summed E-state index contributed by atoms with van der Waals surface area (Å²) in [6.45, 7) is 7.25. The molecule has 0 bridgehead atoms. The smallest absolute Gasteiger partial charge is 0.258 e. The molecular formula is C22H26N4O3S. The minimum atomic E-state index is -3.60. The minimum Gasteiger partial charge on any atom is -0.358 e. The first-order valence-corrected chi connectivity index (χ1v) is 11.6. The van der Waals surface area contributed by atoms with Crippen molar-refractivity contribution in [3.8, 4) is 0 Å². The van der Waals surface area contributed by atoms with E-state index in [0.29, 0.717) is 24.3 Å². The van der Waals surface area contributed by atoms with Crippen molar-refractivity contribution < 1.29 is 13.2 Å². The Labute approximate surface area is 176 Å². The fraction of sp³-hybridized carbons (Fsp3) is 0.318. The highest BCUT2D eigenvalue weighted by atomic mass is 32.2. The van der Waals surface area contributed by atoms with Crippen LogP contribution in [0.5, 0.6) is 0 Å². The molecule has 1 amide bonds. The van der Waals surface area contributed by atoms with Gasteiger partial charge in [0.25, 0.3) is 5.91 Å². The number of H-pyrrole nitrogens is 1. The summed E-state index contributed by atoms with van der Waals surface area (Å²) >= 11 is 0. The number of benzene rings is 2. The number of likely N-dealkylation sites (N-methyl/N-ethyl adjacent to an activating group) is 1. The predicted octanol–water partition coefficient (Wildman–Crippen LogP) is 3.05. The number of piperazine rings is 1. The third-order valence-corrected chi connectivity index (χ3v) is 7.52. The average Bonchev–Trinajstić information content (AvgIpc) is 3.09. The Kier molecular flexibility index (Phi) is 5.64. The molecule has 158 valence electrons. The minimum absolute atomic E-state index is 0.195. The third-order valence-electron chi connectivity index (χ3n) is 5.63. The van der Waals surface area contributed by atoms with E-state index in [-0.39, 0.29) is 10.8 Å². The summed E-state index contributed by atoms with van der Waals surface area (Å²) in [6.07, 6.45) is 0. The van der Waals surface area contributed by atoms with E-state index < -0.39 is 10.0 Å². The van der Waals surface area contributed by atoms with Gasteiger partial charge in [-0.2, -0.15) is 4.31 Å². The largest absolute Gasteiger partial charge is 0.358 e. The zero-order valence-corrected chi connectivity index (χ0v) is 18.0. The second-order valence-corrected chi connectivity index (χ2v) is 9.43. The van der Waals surface area contributed by atoms with E-state index >= 15 is 0 Å². The monoisotopic (exact) mass is 426 g/mol. The summed E-state index contributed by atoms with van der Waals surface area (Å²) in [4.78, 5) is 18.6. The summed E-state index contributed by atoms with van der Waals surface area (Å²) in [5.74, 6) is -0.268. The number of para-hydroxylation sites is 1. The van der Waals surface area contributed by atoms with Gasteiger partial charge >= 0.3 is 0 Å². The molecular weight excluding hydrogens is 400 g/mol. The molecule has 3 aromatic rings. The fourth-order valence-electron chi connectivity index (χ4n) is 3.93. The number of nitrogens with one attached hydrogen (secondary N) is 2. The molecule has 0 unspecified atom stereocenters. The molecule has 30 heavy (non-hydrogen) atoms. The molecule has 1 saturated heterocycles. The second kappa shape index (κ2) is 8.22. The van der Waals surface area contributed by atoms with Crippen molar-refractivity contribution in [1.82, 2.24) is 14.2 Å². The molecule has 0 aliphatic carbocycles. The van der Waals surface area contributed by atoms with Crippen LogP contribution in [0.25, 0.3) is 10.9 Å². The van der Waals surface area contributed by atoms with E-state index in [1.54, 1.807) is 18.2 Å². The number of aryl methyl sites for hydroxylation is 1. The summed E-state index contributed by atoms with van der Waals surface area (Å²) in [7, 11) is -3.60. The highest BCUT2D eigenvalue weighted by molar-refractivity contribution is 7.89. The van der Waals surface area contributed by atoms with E-state index in [0.717, 1.165) is 36.2 Å². The Morgan fingerprint density at radius 3 is 2.53 bits per heavy atom. The van der Waals surface area contributed by atoms with Gasteiger partial charge in [-0.1, -0.05) is 31.2 Å². The fourth-order valence-corrected chi connectivity index (χ4v) is 5.40. The molecule has 1 fully saturated rings. The topological polar surface area (TPSA) is 85.5 Å². The summed E-state index contributed by atoms with van der Waals surface area (Å²) < 4.78 is 27.7. The number of fused-ring (bicyclic) bond motifs is 1. The van der Waals surface area contributed by atoms with Crippen molar-refractivity contribution in [1.29, 1.82) is 0 Å². The van der Waals surface area contributed by atoms with Gasteiger partial charge in [0.1, 0.15) is 0 Å². The number of aromatic nitrogens is 1. The van der Waals surface area contributed by atoms with Gasteiger partial charge in [0, 0.05) is 48.5 Å². The Bertz CT molecular complexity index is 1180. The van der Waals surface area contributed by atoms with Crippen LogP contribution in [0.3, 0.4) is 0 Å². The highest BCUT2D eigenvalue weighted by Gasteiger charge is 2.28. The van der Waals surface area contributed by atoms with E-state index in [4.69, 9.17) is 0 Å². The van der Waals surface area contributed by atoms with Gasteiger partial charge in [-0.25, -0.2) is 8.42 Å². The Balaban J connectivity index is 1.56. The van der Waals surface area contributed by atoms with Gasteiger partial charge in [-0.05, 0) is 37.7 Å². The van der Waals surface area contributed by atoms with E-state index in [1.807, 2.05) is 31.2 Å². The van der Waals surface area contributed by atoms with Crippen LogP contribution in [0.4, 0.5) is 5.69 Å². The van der Waals surface area contributed by atoms with E-state index in [9.17, 15) is 13.2 Å². The highest BCUT2D eigenvalue weighted by Crippen LogP contribution is 2.25. The maximum Gasteiger partial charge on any atom is 0.258 e. The second-order valence-electron chi connectivity index (χ2n) is 7.49. The first-order chi connectivity index (χ1) is 14.4. The third kappa shape index (κ3) is 3.86. The predicted molar refractivity (Wildman–Crippen MR) is 118 cm³/mol. The van der Waals surface area contributed by atoms with Gasteiger partial charge in [-0.15, -0.1) is 0 Å². The molecule has 0 radical (unpaired) electrons. The number of anilines is 1. The lowest BCUT2D eigenvalue weighted by molar-refractivity contribution is 0.102. The van der Waals surface area contributed by atoms with Crippen molar-refractivity contribution in [3.05, 3.63) is 59.8 Å². The van der Waals surface area contributed by atoms with Crippen molar-refractivity contribution in [3.63, 3.8) is 0 Å². The molecule has 1 aliphatic rings. The maximum atomic E-state index is 13.1. The van der Waals surface area contributed by atoms with Crippen LogP contribution >= 0.6 is 0 Å². The van der Waals surface area contributed by atoms with Crippen LogP contribution < -0.4 is 5.32 Å². The normalized spacial score (nSPS) is 16.1. The molecule has 2 aromatic carbocycles. The standard InChI is InChI=1S/C22H26N4O3S/c1-3-25-11-13-26(14-12-25)30(28,29)18-8-6-7-17(15-18)24-22(27)21-16(2)23-20-10-5-4-9-19(20)21/h4-10,15,23H,3,11-14H2,1-2H3,(H,24,27). The Morgan fingerprint density at radius 2 is 1.80 bits per heavy atom. The number of carbonyl (C=O) groups is 1. The molecule has 0 spiro atoms. The Hall–Kier alpha value is -2.68. The Morgan fingerprint density at radius 1 is 1.07 bits per heavy atom. The van der Waals surface area contributed by atoms with Gasteiger partial charge in [0.15, 0.2) is 0 Å². The molecule has 8 heteroatoms.